The second-order valence-corrected chi connectivity index (χ2v) is 10.2. The second-order valence-electron chi connectivity index (χ2n) is 8.51. The van der Waals surface area contributed by atoms with Gasteiger partial charge in [0.05, 0.1) is 11.4 Å². The highest BCUT2D eigenvalue weighted by Gasteiger charge is 2.23. The smallest absolute Gasteiger partial charge is 0.267 e. The predicted molar refractivity (Wildman–Crippen MR) is 120 cm³/mol. The Bertz CT molecular complexity index is 422. The molecule has 0 saturated heterocycles. The number of aliphatic hydroxyl groups is 1. The van der Waals surface area contributed by atoms with Crippen LogP contribution in [0.2, 0.25) is 0 Å². The minimum atomic E-state index is -4.00. The quantitative estimate of drug-likeness (QED) is 0.154. The van der Waals surface area contributed by atoms with Crippen LogP contribution in [0.5, 0.6) is 0 Å². The van der Waals surface area contributed by atoms with E-state index < -0.39 is 21.5 Å². The Balaban J connectivity index is 3.51. The summed E-state index contributed by atoms with van der Waals surface area (Å²) in [5.74, 6) is 0. The zero-order valence-corrected chi connectivity index (χ0v) is 19.5. The molecule has 2 N–H and O–H groups in total. The normalized spacial score (nSPS) is 14.3. The average Bonchev–Trinajstić information content (AvgIpc) is 2.65. The lowest BCUT2D eigenvalue weighted by atomic mass is 10.0. The van der Waals surface area contributed by atoms with Crippen molar-refractivity contribution >= 4 is 10.1 Å². The number of unbranched alkanes of at least 4 members (excludes halogenated alkanes) is 14. The van der Waals surface area contributed by atoms with Crippen molar-refractivity contribution in [3.63, 3.8) is 0 Å². The summed E-state index contributed by atoms with van der Waals surface area (Å²) in [7, 11) is -4.00. The van der Waals surface area contributed by atoms with Gasteiger partial charge < -0.3 is 5.11 Å². The van der Waals surface area contributed by atoms with Crippen molar-refractivity contribution < 1.29 is 18.1 Å². The van der Waals surface area contributed by atoms with E-state index in [0.717, 1.165) is 19.3 Å². The van der Waals surface area contributed by atoms with Crippen LogP contribution >= 0.6 is 0 Å². The van der Waals surface area contributed by atoms with E-state index in [1.165, 1.54) is 77.0 Å². The Morgan fingerprint density at radius 2 is 1.00 bits per heavy atom. The standard InChI is InChI=1S/C23H48O4S/c1-3-5-6-7-8-9-10-11-12-13-14-15-16-17-18-19-23(28(25,26)27)21-20-22(24)4-2/h22-24H,3-21H2,1-2H3,(H,25,26,27). The van der Waals surface area contributed by atoms with Crippen molar-refractivity contribution in [2.24, 2.45) is 0 Å². The molecule has 0 aliphatic rings. The molecule has 0 aromatic rings. The minimum absolute atomic E-state index is 0.354. The van der Waals surface area contributed by atoms with Crippen LogP contribution in [0.1, 0.15) is 136 Å². The van der Waals surface area contributed by atoms with Crippen LogP contribution in [-0.2, 0) is 10.1 Å². The maximum absolute atomic E-state index is 11.5. The van der Waals surface area contributed by atoms with E-state index in [2.05, 4.69) is 6.92 Å². The van der Waals surface area contributed by atoms with Gasteiger partial charge in [-0.15, -0.1) is 0 Å². The largest absolute Gasteiger partial charge is 0.393 e. The molecule has 0 fully saturated rings. The summed E-state index contributed by atoms with van der Waals surface area (Å²) in [6.45, 7) is 4.14. The van der Waals surface area contributed by atoms with Crippen LogP contribution in [0, 0.1) is 0 Å². The zero-order valence-electron chi connectivity index (χ0n) is 18.7. The first-order valence-electron chi connectivity index (χ1n) is 12.1. The number of hydrogen-bond acceptors (Lipinski definition) is 3. The van der Waals surface area contributed by atoms with E-state index in [1.54, 1.807) is 0 Å². The van der Waals surface area contributed by atoms with Gasteiger partial charge in [-0.1, -0.05) is 110 Å². The van der Waals surface area contributed by atoms with Gasteiger partial charge in [0.15, 0.2) is 0 Å². The summed E-state index contributed by atoms with van der Waals surface area (Å²) < 4.78 is 32.3. The minimum Gasteiger partial charge on any atom is -0.393 e. The summed E-state index contributed by atoms with van der Waals surface area (Å²) in [5.41, 5.74) is 0. The van der Waals surface area contributed by atoms with Gasteiger partial charge in [-0.25, -0.2) is 0 Å². The molecule has 0 radical (unpaired) electrons. The van der Waals surface area contributed by atoms with Gasteiger partial charge in [-0.05, 0) is 25.7 Å². The Morgan fingerprint density at radius 3 is 1.36 bits per heavy atom. The summed E-state index contributed by atoms with van der Waals surface area (Å²) in [6, 6.07) is 0. The highest BCUT2D eigenvalue weighted by Crippen LogP contribution is 2.19. The Hall–Kier alpha value is -0.130. The third kappa shape index (κ3) is 17.9. The second kappa shape index (κ2) is 18.9. The molecule has 0 aliphatic carbocycles. The summed E-state index contributed by atoms with van der Waals surface area (Å²) in [6.07, 6.45) is 20.7. The average molecular weight is 421 g/mol. The monoisotopic (exact) mass is 420 g/mol. The Morgan fingerprint density at radius 1 is 0.607 bits per heavy atom. The van der Waals surface area contributed by atoms with E-state index in [-0.39, 0.29) is 0 Å². The SMILES string of the molecule is CCCCCCCCCCCCCCCCCC(CCC(O)CC)S(=O)(=O)O. The lowest BCUT2D eigenvalue weighted by Crippen LogP contribution is -2.22. The van der Waals surface area contributed by atoms with Crippen LogP contribution in [0.15, 0.2) is 0 Å². The fourth-order valence-corrected chi connectivity index (χ4v) is 4.67. The van der Waals surface area contributed by atoms with E-state index >= 15 is 0 Å². The molecule has 5 heteroatoms. The van der Waals surface area contributed by atoms with Crippen molar-refractivity contribution in [3.05, 3.63) is 0 Å². The molecule has 0 amide bonds. The van der Waals surface area contributed by atoms with Gasteiger partial charge in [-0.3, -0.25) is 4.55 Å². The van der Waals surface area contributed by atoms with Gasteiger partial charge in [0.1, 0.15) is 0 Å². The number of aliphatic hydroxyl groups excluding tert-OH is 1. The van der Waals surface area contributed by atoms with E-state index in [4.69, 9.17) is 0 Å². The third-order valence-electron chi connectivity index (χ3n) is 5.84. The topological polar surface area (TPSA) is 74.6 Å². The molecular weight excluding hydrogens is 372 g/mol. The van der Waals surface area contributed by atoms with Gasteiger partial charge in [-0.2, -0.15) is 8.42 Å². The van der Waals surface area contributed by atoms with Gasteiger partial charge in [0.2, 0.25) is 0 Å². The Kier molecular flexibility index (Phi) is 18.8. The van der Waals surface area contributed by atoms with Crippen LogP contribution in [0.25, 0.3) is 0 Å². The molecule has 0 saturated carbocycles. The van der Waals surface area contributed by atoms with Gasteiger partial charge >= 0.3 is 0 Å². The lowest BCUT2D eigenvalue weighted by Gasteiger charge is -2.15. The molecule has 170 valence electrons. The van der Waals surface area contributed by atoms with Crippen molar-refractivity contribution in [2.45, 2.75) is 147 Å². The van der Waals surface area contributed by atoms with E-state index in [9.17, 15) is 18.1 Å². The van der Waals surface area contributed by atoms with Crippen molar-refractivity contribution in [3.8, 4) is 0 Å². The van der Waals surface area contributed by atoms with Crippen LogP contribution in [0.4, 0.5) is 0 Å². The first-order valence-corrected chi connectivity index (χ1v) is 13.6. The van der Waals surface area contributed by atoms with Crippen LogP contribution in [-0.4, -0.2) is 29.4 Å². The molecule has 0 heterocycles. The first-order chi connectivity index (χ1) is 13.4. The summed E-state index contributed by atoms with van der Waals surface area (Å²) >= 11 is 0. The fourth-order valence-electron chi connectivity index (χ4n) is 3.77. The van der Waals surface area contributed by atoms with Crippen molar-refractivity contribution in [1.29, 1.82) is 0 Å². The van der Waals surface area contributed by atoms with Gasteiger partial charge in [0, 0.05) is 0 Å². The summed E-state index contributed by atoms with van der Waals surface area (Å²) in [4.78, 5) is 0. The predicted octanol–water partition coefficient (Wildman–Crippen LogP) is 7.06. The maximum Gasteiger partial charge on any atom is 0.267 e. The molecule has 28 heavy (non-hydrogen) atoms. The maximum atomic E-state index is 11.5. The highest BCUT2D eigenvalue weighted by molar-refractivity contribution is 7.86. The number of hydrogen-bond donors (Lipinski definition) is 2. The Labute approximate surface area is 175 Å². The number of rotatable bonds is 21. The van der Waals surface area contributed by atoms with Crippen LogP contribution in [0.3, 0.4) is 0 Å². The molecule has 0 aliphatic heterocycles. The third-order valence-corrected chi connectivity index (χ3v) is 7.16. The van der Waals surface area contributed by atoms with E-state index in [0.29, 0.717) is 25.7 Å². The van der Waals surface area contributed by atoms with E-state index in [1.807, 2.05) is 6.92 Å². The molecule has 0 rings (SSSR count). The molecule has 0 bridgehead atoms. The van der Waals surface area contributed by atoms with Crippen molar-refractivity contribution in [1.82, 2.24) is 0 Å². The highest BCUT2D eigenvalue weighted by atomic mass is 32.2. The zero-order chi connectivity index (χ0) is 21.1. The lowest BCUT2D eigenvalue weighted by molar-refractivity contribution is 0.156. The van der Waals surface area contributed by atoms with Crippen LogP contribution < -0.4 is 0 Å². The summed E-state index contributed by atoms with van der Waals surface area (Å²) in [5, 5.41) is 8.89. The molecule has 0 spiro atoms. The van der Waals surface area contributed by atoms with Gasteiger partial charge in [0.25, 0.3) is 10.1 Å². The van der Waals surface area contributed by atoms with Crippen molar-refractivity contribution in [2.75, 3.05) is 0 Å². The molecular formula is C23H48O4S. The molecule has 0 aromatic heterocycles. The molecule has 0 aromatic carbocycles. The fraction of sp³-hybridized carbons (Fsp3) is 1.00. The molecule has 2 unspecified atom stereocenters. The molecule has 4 nitrogen and oxygen atoms in total. The molecule has 2 atom stereocenters. The first kappa shape index (κ1) is 27.9.